The molecule has 0 aromatic carbocycles. The Morgan fingerprint density at radius 2 is 2.11 bits per heavy atom. The number of esters is 1. The number of hydrogen-bond donors (Lipinski definition) is 2. The summed E-state index contributed by atoms with van der Waals surface area (Å²) in [5.41, 5.74) is 5.57. The Hall–Kier alpha value is -0.610. The van der Waals surface area contributed by atoms with Gasteiger partial charge in [-0.25, -0.2) is 0 Å². The van der Waals surface area contributed by atoms with Gasteiger partial charge in [-0.05, 0) is 37.0 Å². The average Bonchev–Trinajstić information content (AvgIpc) is 2.35. The number of rotatable bonds is 6. The third-order valence-corrected chi connectivity index (χ3v) is 4.32. The van der Waals surface area contributed by atoms with E-state index in [4.69, 9.17) is 15.6 Å². The van der Waals surface area contributed by atoms with E-state index >= 15 is 0 Å². The molecule has 1 fully saturated rings. The van der Waals surface area contributed by atoms with Crippen LogP contribution in [-0.4, -0.2) is 30.3 Å². The number of aliphatic hydroxyl groups excluding tert-OH is 1. The highest BCUT2D eigenvalue weighted by Gasteiger charge is 2.34. The molecule has 112 valence electrons. The van der Waals surface area contributed by atoms with Crippen LogP contribution in [0.25, 0.3) is 0 Å². The molecule has 4 nitrogen and oxygen atoms in total. The second-order valence-corrected chi connectivity index (χ2v) is 6.25. The summed E-state index contributed by atoms with van der Waals surface area (Å²) in [6.07, 6.45) is 3.70. The average molecular weight is 271 g/mol. The van der Waals surface area contributed by atoms with Gasteiger partial charge in [0, 0.05) is 13.2 Å². The molecule has 3 N–H and O–H groups in total. The third-order valence-electron chi connectivity index (χ3n) is 4.32. The van der Waals surface area contributed by atoms with E-state index < -0.39 is 0 Å². The molecule has 0 spiro atoms. The first-order valence-corrected chi connectivity index (χ1v) is 7.51. The number of hydrogen-bond acceptors (Lipinski definition) is 4. The van der Waals surface area contributed by atoms with Crippen LogP contribution in [0.4, 0.5) is 0 Å². The van der Waals surface area contributed by atoms with Crippen molar-refractivity contribution >= 4 is 5.97 Å². The van der Waals surface area contributed by atoms with Crippen molar-refractivity contribution in [3.63, 3.8) is 0 Å². The van der Waals surface area contributed by atoms with Crippen molar-refractivity contribution in [3.8, 4) is 0 Å². The van der Waals surface area contributed by atoms with Crippen LogP contribution in [-0.2, 0) is 9.53 Å². The molecule has 0 saturated heterocycles. The minimum atomic E-state index is -0.366. The van der Waals surface area contributed by atoms with Gasteiger partial charge >= 0.3 is 5.97 Å². The molecule has 1 saturated carbocycles. The lowest BCUT2D eigenvalue weighted by atomic mass is 9.75. The Morgan fingerprint density at radius 3 is 2.63 bits per heavy atom. The van der Waals surface area contributed by atoms with Crippen LogP contribution in [0, 0.1) is 23.7 Å². The minimum absolute atomic E-state index is 0.0176. The van der Waals surface area contributed by atoms with Crippen LogP contribution in [0.15, 0.2) is 0 Å². The van der Waals surface area contributed by atoms with Gasteiger partial charge in [-0.1, -0.05) is 27.2 Å². The van der Waals surface area contributed by atoms with Crippen molar-refractivity contribution in [2.45, 2.75) is 52.6 Å². The van der Waals surface area contributed by atoms with Gasteiger partial charge in [0.1, 0.15) is 6.10 Å². The van der Waals surface area contributed by atoms with Crippen molar-refractivity contribution < 1.29 is 14.6 Å². The number of ether oxygens (including phenoxy) is 1. The fourth-order valence-corrected chi connectivity index (χ4v) is 2.98. The molecular weight excluding hydrogens is 242 g/mol. The smallest absolute Gasteiger partial charge is 0.310 e. The Kier molecular flexibility index (Phi) is 6.80. The summed E-state index contributed by atoms with van der Waals surface area (Å²) in [4.78, 5) is 12.1. The van der Waals surface area contributed by atoms with Gasteiger partial charge in [0.15, 0.2) is 0 Å². The molecule has 1 rings (SSSR count). The van der Waals surface area contributed by atoms with E-state index in [1.165, 1.54) is 6.42 Å². The first-order chi connectivity index (χ1) is 8.99. The van der Waals surface area contributed by atoms with Crippen LogP contribution in [0.1, 0.15) is 46.5 Å². The summed E-state index contributed by atoms with van der Waals surface area (Å²) in [6.45, 7) is 6.82. The molecule has 0 unspecified atom stereocenters. The quantitative estimate of drug-likeness (QED) is 0.724. The number of aliphatic hydroxyl groups is 1. The zero-order valence-corrected chi connectivity index (χ0v) is 12.5. The largest absolute Gasteiger partial charge is 0.462 e. The topological polar surface area (TPSA) is 72.5 Å². The fraction of sp³-hybridized carbons (Fsp3) is 0.933. The highest BCUT2D eigenvalue weighted by Crippen LogP contribution is 2.35. The maximum atomic E-state index is 12.1. The molecule has 0 bridgehead atoms. The molecule has 0 radical (unpaired) electrons. The lowest BCUT2D eigenvalue weighted by Crippen LogP contribution is -2.38. The summed E-state index contributed by atoms with van der Waals surface area (Å²) in [6, 6.07) is 0. The molecule has 0 amide bonds. The summed E-state index contributed by atoms with van der Waals surface area (Å²) in [5.74, 6) is 0.991. The lowest BCUT2D eigenvalue weighted by molar-refractivity contribution is -0.161. The van der Waals surface area contributed by atoms with E-state index in [1.54, 1.807) is 0 Å². The molecule has 1 aliphatic rings. The van der Waals surface area contributed by atoms with Crippen LogP contribution in [0.5, 0.6) is 0 Å². The van der Waals surface area contributed by atoms with E-state index in [2.05, 4.69) is 20.8 Å². The van der Waals surface area contributed by atoms with E-state index in [0.29, 0.717) is 24.2 Å². The van der Waals surface area contributed by atoms with Crippen LogP contribution in [0.2, 0.25) is 0 Å². The first-order valence-electron chi connectivity index (χ1n) is 7.51. The van der Waals surface area contributed by atoms with Crippen molar-refractivity contribution in [3.05, 3.63) is 0 Å². The van der Waals surface area contributed by atoms with Gasteiger partial charge in [-0.2, -0.15) is 0 Å². The maximum absolute atomic E-state index is 12.1. The molecule has 1 aliphatic carbocycles. The lowest BCUT2D eigenvalue weighted by Gasteiger charge is -2.37. The molecule has 4 heteroatoms. The summed E-state index contributed by atoms with van der Waals surface area (Å²) < 4.78 is 5.71. The van der Waals surface area contributed by atoms with Gasteiger partial charge in [0.05, 0.1) is 5.92 Å². The molecular formula is C15H29NO3. The van der Waals surface area contributed by atoms with Crippen molar-refractivity contribution in [2.24, 2.45) is 29.4 Å². The molecule has 0 heterocycles. The Morgan fingerprint density at radius 1 is 1.42 bits per heavy atom. The van der Waals surface area contributed by atoms with Crippen molar-refractivity contribution in [1.29, 1.82) is 0 Å². The fourth-order valence-electron chi connectivity index (χ4n) is 2.98. The van der Waals surface area contributed by atoms with E-state index in [1.807, 2.05) is 0 Å². The van der Waals surface area contributed by atoms with Gasteiger partial charge in [-0.3, -0.25) is 4.79 Å². The normalized spacial score (nSPS) is 29.3. The molecule has 19 heavy (non-hydrogen) atoms. The summed E-state index contributed by atoms with van der Waals surface area (Å²) >= 11 is 0. The molecule has 0 aliphatic heterocycles. The maximum Gasteiger partial charge on any atom is 0.310 e. The Bertz CT molecular complexity index is 281. The van der Waals surface area contributed by atoms with Gasteiger partial charge < -0.3 is 15.6 Å². The van der Waals surface area contributed by atoms with Crippen LogP contribution in [0.3, 0.4) is 0 Å². The van der Waals surface area contributed by atoms with Gasteiger partial charge in [0.2, 0.25) is 0 Å². The Labute approximate surface area is 116 Å². The van der Waals surface area contributed by atoms with E-state index in [-0.39, 0.29) is 31.1 Å². The predicted molar refractivity (Wildman–Crippen MR) is 75.5 cm³/mol. The summed E-state index contributed by atoms with van der Waals surface area (Å²) in [7, 11) is 0. The zero-order chi connectivity index (χ0) is 14.4. The van der Waals surface area contributed by atoms with Crippen LogP contribution >= 0.6 is 0 Å². The SMILES string of the molecule is CC(C)[C@@H]1CC[C@@H](C)C[C@H]1OC(=O)[C@H](CN)CCO. The third kappa shape index (κ3) is 4.77. The van der Waals surface area contributed by atoms with Gasteiger partial charge in [0.25, 0.3) is 0 Å². The van der Waals surface area contributed by atoms with Crippen molar-refractivity contribution in [1.82, 2.24) is 0 Å². The molecule has 0 aromatic heterocycles. The highest BCUT2D eigenvalue weighted by atomic mass is 16.5. The minimum Gasteiger partial charge on any atom is -0.462 e. The first kappa shape index (κ1) is 16.4. The summed E-state index contributed by atoms with van der Waals surface area (Å²) in [5, 5.41) is 8.94. The van der Waals surface area contributed by atoms with Crippen LogP contribution < -0.4 is 5.73 Å². The predicted octanol–water partition coefficient (Wildman–Crippen LogP) is 1.95. The molecule has 4 atom stereocenters. The number of carbonyl (C=O) groups is 1. The standard InChI is InChI=1S/C15H29NO3/c1-10(2)13-5-4-11(3)8-14(13)19-15(18)12(9-16)6-7-17/h10-14,17H,4-9,16H2,1-3H3/t11-,12+,13+,14-/m1/s1. The second kappa shape index (κ2) is 7.85. The van der Waals surface area contributed by atoms with E-state index in [9.17, 15) is 4.79 Å². The number of carbonyl (C=O) groups excluding carboxylic acids is 1. The molecule has 0 aromatic rings. The number of nitrogens with two attached hydrogens (primary N) is 1. The second-order valence-electron chi connectivity index (χ2n) is 6.25. The van der Waals surface area contributed by atoms with Crippen molar-refractivity contribution in [2.75, 3.05) is 13.2 Å². The van der Waals surface area contributed by atoms with Gasteiger partial charge in [-0.15, -0.1) is 0 Å². The Balaban J connectivity index is 2.62. The monoisotopic (exact) mass is 271 g/mol. The zero-order valence-electron chi connectivity index (χ0n) is 12.5. The highest BCUT2D eigenvalue weighted by molar-refractivity contribution is 5.72. The van der Waals surface area contributed by atoms with E-state index in [0.717, 1.165) is 12.8 Å².